The number of aromatic nitrogens is 2. The number of aliphatic hydroxyl groups is 2. The summed E-state index contributed by atoms with van der Waals surface area (Å²) >= 11 is 1.47. The van der Waals surface area contributed by atoms with Crippen molar-refractivity contribution in [3.05, 3.63) is 17.8 Å². The Morgan fingerprint density at radius 3 is 3.19 bits per heavy atom. The Hall–Kier alpha value is -1.05. The van der Waals surface area contributed by atoms with Crippen LogP contribution in [0.15, 0.2) is 12.3 Å². The van der Waals surface area contributed by atoms with Gasteiger partial charge in [-0.3, -0.25) is 9.98 Å². The molecule has 0 aliphatic carbocycles. The normalized spacial score (nSPS) is 35.6. The molecule has 16 heavy (non-hydrogen) atoms. The van der Waals surface area contributed by atoms with Crippen molar-refractivity contribution in [1.29, 1.82) is 5.41 Å². The average Bonchev–Trinajstić information content (AvgIpc) is 2.75. The first kappa shape index (κ1) is 10.1. The fraction of sp³-hybridized carbons (Fsp3) is 0.556. The molecular weight excluding hydrogens is 230 g/mol. The fourth-order valence-corrected chi connectivity index (χ4v) is 3.46. The molecule has 2 aliphatic rings. The van der Waals surface area contributed by atoms with Crippen LogP contribution >= 0.6 is 11.8 Å². The second-order valence-corrected chi connectivity index (χ2v) is 5.18. The Labute approximate surface area is 95.4 Å². The number of nitrogens with zero attached hydrogens (tertiary/aromatic N) is 2. The van der Waals surface area contributed by atoms with Crippen molar-refractivity contribution in [1.82, 2.24) is 9.55 Å². The van der Waals surface area contributed by atoms with Crippen molar-refractivity contribution < 1.29 is 14.9 Å². The predicted octanol–water partition coefficient (Wildman–Crippen LogP) is -0.909. The lowest BCUT2D eigenvalue weighted by molar-refractivity contribution is 0.0437. The highest BCUT2D eigenvalue weighted by Crippen LogP contribution is 2.47. The fourth-order valence-electron chi connectivity index (χ4n) is 2.04. The second kappa shape index (κ2) is 3.47. The average molecular weight is 241 g/mol. The Bertz CT molecular complexity index is 477. The molecule has 86 valence electrons. The zero-order valence-corrected chi connectivity index (χ0v) is 9.09. The smallest absolute Gasteiger partial charge is 0.299 e. The van der Waals surface area contributed by atoms with E-state index in [0.29, 0.717) is 6.01 Å². The molecule has 6 nitrogen and oxygen atoms in total. The summed E-state index contributed by atoms with van der Waals surface area (Å²) in [5.41, 5.74) is 0.143. The van der Waals surface area contributed by atoms with E-state index in [1.54, 1.807) is 16.8 Å². The van der Waals surface area contributed by atoms with E-state index in [1.807, 2.05) is 0 Å². The molecule has 3 N–H and O–H groups in total. The van der Waals surface area contributed by atoms with Crippen LogP contribution in [0.1, 0.15) is 5.37 Å². The Morgan fingerprint density at radius 2 is 2.44 bits per heavy atom. The lowest BCUT2D eigenvalue weighted by Crippen LogP contribution is -2.34. The monoisotopic (exact) mass is 241 g/mol. The van der Waals surface area contributed by atoms with Gasteiger partial charge in [-0.2, -0.15) is 4.98 Å². The van der Waals surface area contributed by atoms with E-state index in [4.69, 9.17) is 15.3 Å². The van der Waals surface area contributed by atoms with E-state index in [-0.39, 0.29) is 28.8 Å². The van der Waals surface area contributed by atoms with Gasteiger partial charge in [0.05, 0.1) is 11.9 Å². The third-order valence-corrected chi connectivity index (χ3v) is 4.39. The van der Waals surface area contributed by atoms with Crippen molar-refractivity contribution in [2.45, 2.75) is 22.8 Å². The van der Waals surface area contributed by atoms with Crippen molar-refractivity contribution >= 4 is 11.8 Å². The van der Waals surface area contributed by atoms with Crippen LogP contribution in [0.3, 0.4) is 0 Å². The summed E-state index contributed by atoms with van der Waals surface area (Å²) in [4.78, 5) is 3.94. The summed E-state index contributed by atoms with van der Waals surface area (Å²) in [6, 6.07) is 1.94. The molecule has 1 aromatic rings. The second-order valence-electron chi connectivity index (χ2n) is 3.82. The quantitative estimate of drug-likeness (QED) is 0.592. The van der Waals surface area contributed by atoms with Gasteiger partial charge < -0.3 is 14.9 Å². The number of rotatable bonds is 1. The number of fused-ring (bicyclic) bond motifs is 3. The van der Waals surface area contributed by atoms with E-state index in [1.165, 1.54) is 11.8 Å². The minimum absolute atomic E-state index is 0.0600. The van der Waals surface area contributed by atoms with Gasteiger partial charge in [-0.1, -0.05) is 0 Å². The number of ether oxygens (including phenoxy) is 1. The van der Waals surface area contributed by atoms with Gasteiger partial charge in [0, 0.05) is 6.20 Å². The van der Waals surface area contributed by atoms with Gasteiger partial charge in [-0.15, -0.1) is 11.8 Å². The Morgan fingerprint density at radius 1 is 1.62 bits per heavy atom. The Balaban J connectivity index is 1.99. The van der Waals surface area contributed by atoms with E-state index < -0.39 is 6.10 Å². The minimum atomic E-state index is -0.698. The number of aliphatic hydroxyl groups excluding tert-OH is 2. The van der Waals surface area contributed by atoms with Crippen molar-refractivity contribution in [2.75, 3.05) is 6.61 Å². The van der Waals surface area contributed by atoms with E-state index in [0.717, 1.165) is 0 Å². The van der Waals surface area contributed by atoms with Gasteiger partial charge in [-0.25, -0.2) is 0 Å². The maximum Gasteiger partial charge on any atom is 0.299 e. The topological polar surface area (TPSA) is 91.4 Å². The van der Waals surface area contributed by atoms with Crippen molar-refractivity contribution in [3.8, 4) is 6.01 Å². The number of hydrogen-bond acceptors (Lipinski definition) is 6. The highest BCUT2D eigenvalue weighted by Gasteiger charge is 2.50. The molecule has 0 saturated carbocycles. The molecule has 7 heteroatoms. The summed E-state index contributed by atoms with van der Waals surface area (Å²) < 4.78 is 7.30. The standard InChI is InChI=1S/C9H11N3O3S/c10-5-1-2-12-8-7(15-9(12)11-5)6(14)4(3-13)16-8/h1-2,4,6-8,10,13-14H,3H2/t4-,6-,7+,8-/m1/s1. The minimum Gasteiger partial charge on any atom is -0.455 e. The molecule has 0 unspecified atom stereocenters. The highest BCUT2D eigenvalue weighted by molar-refractivity contribution is 8.00. The largest absolute Gasteiger partial charge is 0.455 e. The van der Waals surface area contributed by atoms with Crippen LogP contribution in [0.2, 0.25) is 0 Å². The van der Waals surface area contributed by atoms with Crippen LogP contribution in [0, 0.1) is 5.41 Å². The van der Waals surface area contributed by atoms with Gasteiger partial charge in [0.1, 0.15) is 11.5 Å². The van der Waals surface area contributed by atoms with Gasteiger partial charge in [0.2, 0.25) is 0 Å². The SMILES string of the molecule is N=c1ccn2c(n1)O[C@H]1[C@H](O)[C@@H](CO)S[C@H]12. The Kier molecular flexibility index (Phi) is 2.20. The lowest BCUT2D eigenvalue weighted by Gasteiger charge is -2.14. The zero-order chi connectivity index (χ0) is 11.3. The van der Waals surface area contributed by atoms with E-state index in [2.05, 4.69) is 4.98 Å². The molecule has 0 amide bonds. The van der Waals surface area contributed by atoms with Gasteiger partial charge in [-0.05, 0) is 6.07 Å². The number of hydrogen-bond donors (Lipinski definition) is 3. The maximum absolute atomic E-state index is 9.91. The van der Waals surface area contributed by atoms with Crippen molar-refractivity contribution in [2.24, 2.45) is 0 Å². The summed E-state index contributed by atoms with van der Waals surface area (Å²) in [6.07, 6.45) is 0.654. The third-order valence-electron chi connectivity index (χ3n) is 2.84. The van der Waals surface area contributed by atoms with Gasteiger partial charge >= 0.3 is 0 Å². The molecule has 3 heterocycles. The van der Waals surface area contributed by atoms with Crippen molar-refractivity contribution in [3.63, 3.8) is 0 Å². The summed E-state index contributed by atoms with van der Waals surface area (Å²) in [5.74, 6) is 0. The molecule has 1 aromatic heterocycles. The van der Waals surface area contributed by atoms with Crippen LogP contribution in [0.5, 0.6) is 6.01 Å². The molecule has 3 rings (SSSR count). The molecule has 0 spiro atoms. The molecule has 1 saturated heterocycles. The van der Waals surface area contributed by atoms with Gasteiger partial charge in [0.15, 0.2) is 11.6 Å². The van der Waals surface area contributed by atoms with Crippen LogP contribution in [-0.2, 0) is 0 Å². The summed E-state index contributed by atoms with van der Waals surface area (Å²) in [5, 5.41) is 26.1. The van der Waals surface area contributed by atoms with Crippen LogP contribution in [0.25, 0.3) is 0 Å². The maximum atomic E-state index is 9.91. The van der Waals surface area contributed by atoms with Crippen LogP contribution in [0.4, 0.5) is 0 Å². The number of thioether (sulfide) groups is 1. The first-order valence-corrected chi connectivity index (χ1v) is 5.90. The van der Waals surface area contributed by atoms with Gasteiger partial charge in [0.25, 0.3) is 6.01 Å². The highest BCUT2D eigenvalue weighted by atomic mass is 32.2. The first-order chi connectivity index (χ1) is 7.70. The van der Waals surface area contributed by atoms with E-state index in [9.17, 15) is 5.11 Å². The summed E-state index contributed by atoms with van der Waals surface area (Å²) in [7, 11) is 0. The molecule has 0 radical (unpaired) electrons. The van der Waals surface area contributed by atoms with Crippen LogP contribution < -0.4 is 10.2 Å². The lowest BCUT2D eigenvalue weighted by atomic mass is 10.1. The molecule has 0 aromatic carbocycles. The van der Waals surface area contributed by atoms with Crippen LogP contribution in [-0.4, -0.2) is 43.8 Å². The first-order valence-electron chi connectivity index (χ1n) is 4.95. The third kappa shape index (κ3) is 1.28. The molecule has 1 fully saturated rings. The van der Waals surface area contributed by atoms with E-state index >= 15 is 0 Å². The number of nitrogens with one attached hydrogen (secondary N) is 1. The molecular formula is C9H11N3O3S. The molecule has 0 bridgehead atoms. The molecule has 4 atom stereocenters. The zero-order valence-electron chi connectivity index (χ0n) is 8.28. The predicted molar refractivity (Wildman–Crippen MR) is 56.0 cm³/mol. The molecule has 2 aliphatic heterocycles. The summed E-state index contributed by atoms with van der Waals surface area (Å²) in [6.45, 7) is -0.0674.